The van der Waals surface area contributed by atoms with E-state index in [0.29, 0.717) is 12.3 Å². The van der Waals surface area contributed by atoms with E-state index in [4.69, 9.17) is 4.74 Å². The van der Waals surface area contributed by atoms with Gasteiger partial charge in [0.15, 0.2) is 5.16 Å². The third kappa shape index (κ3) is 3.16. The van der Waals surface area contributed by atoms with Crippen molar-refractivity contribution in [1.82, 2.24) is 14.4 Å². The molecule has 0 fully saturated rings. The average molecular weight is 293 g/mol. The largest absolute Gasteiger partial charge is 0.465 e. The molecule has 20 heavy (non-hydrogen) atoms. The zero-order valence-corrected chi connectivity index (χ0v) is 12.3. The van der Waals surface area contributed by atoms with Crippen molar-refractivity contribution in [1.29, 1.82) is 0 Å². The maximum Gasteiger partial charge on any atom is 0.355 e. The summed E-state index contributed by atoms with van der Waals surface area (Å²) in [5, 5.41) is -0.178. The minimum atomic E-state index is -0.457. The standard InChI is InChI=1S/C13H15N3O3S/c1-4-19-11(17)9(3)20-12-14-10-7-8(2)5-6-16(10)13(18)15-12/h5-7,9H,4H2,1-3H3/t9-/m0/s1. The summed E-state index contributed by atoms with van der Waals surface area (Å²) in [4.78, 5) is 31.6. The molecule has 2 aromatic heterocycles. The molecule has 6 nitrogen and oxygen atoms in total. The van der Waals surface area contributed by atoms with Crippen molar-refractivity contribution in [3.63, 3.8) is 0 Å². The summed E-state index contributed by atoms with van der Waals surface area (Å²) < 4.78 is 6.28. The molecular formula is C13H15N3O3S. The molecule has 7 heteroatoms. The summed E-state index contributed by atoms with van der Waals surface area (Å²) >= 11 is 1.12. The maximum absolute atomic E-state index is 11.9. The number of hydrogen-bond acceptors (Lipinski definition) is 6. The number of esters is 1. The van der Waals surface area contributed by atoms with Gasteiger partial charge in [-0.05, 0) is 38.5 Å². The van der Waals surface area contributed by atoms with Gasteiger partial charge in [-0.25, -0.2) is 9.78 Å². The molecule has 0 radical (unpaired) electrons. The van der Waals surface area contributed by atoms with E-state index in [2.05, 4.69) is 9.97 Å². The lowest BCUT2D eigenvalue weighted by Gasteiger charge is -2.09. The molecule has 2 rings (SSSR count). The monoisotopic (exact) mass is 293 g/mol. The van der Waals surface area contributed by atoms with Crippen molar-refractivity contribution in [2.24, 2.45) is 0 Å². The fraction of sp³-hybridized carbons (Fsp3) is 0.385. The van der Waals surface area contributed by atoms with Gasteiger partial charge in [0, 0.05) is 6.20 Å². The molecule has 0 saturated heterocycles. The first-order chi connectivity index (χ1) is 9.51. The average Bonchev–Trinajstić information content (AvgIpc) is 2.38. The Morgan fingerprint density at radius 3 is 2.95 bits per heavy atom. The Morgan fingerprint density at radius 2 is 2.25 bits per heavy atom. The fourth-order valence-electron chi connectivity index (χ4n) is 1.61. The van der Waals surface area contributed by atoms with E-state index in [1.807, 2.05) is 13.0 Å². The summed E-state index contributed by atoms with van der Waals surface area (Å²) in [5.74, 6) is -0.342. The summed E-state index contributed by atoms with van der Waals surface area (Å²) in [7, 11) is 0. The third-order valence-electron chi connectivity index (χ3n) is 2.60. The highest BCUT2D eigenvalue weighted by molar-refractivity contribution is 8.00. The van der Waals surface area contributed by atoms with E-state index in [9.17, 15) is 9.59 Å². The molecule has 106 valence electrons. The van der Waals surface area contributed by atoms with Gasteiger partial charge >= 0.3 is 11.7 Å². The molecule has 0 spiro atoms. The van der Waals surface area contributed by atoms with Gasteiger partial charge in [-0.2, -0.15) is 4.98 Å². The second kappa shape index (κ2) is 6.04. The van der Waals surface area contributed by atoms with Gasteiger partial charge in [0.1, 0.15) is 10.9 Å². The zero-order valence-electron chi connectivity index (χ0n) is 11.5. The number of fused-ring (bicyclic) bond motifs is 1. The normalized spacial score (nSPS) is 12.3. The van der Waals surface area contributed by atoms with E-state index < -0.39 is 10.9 Å². The van der Waals surface area contributed by atoms with Gasteiger partial charge in [0.25, 0.3) is 0 Å². The number of pyridine rings is 1. The molecule has 2 heterocycles. The fourth-order valence-corrected chi connectivity index (χ4v) is 2.37. The van der Waals surface area contributed by atoms with Crippen LogP contribution in [0, 0.1) is 6.92 Å². The summed E-state index contributed by atoms with van der Waals surface area (Å²) in [5.41, 5.74) is 1.11. The quantitative estimate of drug-likeness (QED) is 0.627. The number of ether oxygens (including phenoxy) is 1. The molecule has 0 aliphatic carbocycles. The minimum absolute atomic E-state index is 0.279. The topological polar surface area (TPSA) is 73.6 Å². The van der Waals surface area contributed by atoms with Crippen molar-refractivity contribution >= 4 is 23.4 Å². The second-order valence-electron chi connectivity index (χ2n) is 4.23. The van der Waals surface area contributed by atoms with E-state index >= 15 is 0 Å². The molecule has 0 aliphatic heterocycles. The van der Waals surface area contributed by atoms with Crippen LogP contribution in [0.15, 0.2) is 28.3 Å². The molecule has 0 unspecified atom stereocenters. The summed E-state index contributed by atoms with van der Waals surface area (Å²) in [6.07, 6.45) is 1.64. The van der Waals surface area contributed by atoms with Crippen molar-refractivity contribution in [3.05, 3.63) is 34.4 Å². The van der Waals surface area contributed by atoms with Crippen molar-refractivity contribution in [2.75, 3.05) is 6.61 Å². The molecule has 0 aromatic carbocycles. The van der Waals surface area contributed by atoms with Crippen molar-refractivity contribution < 1.29 is 9.53 Å². The smallest absolute Gasteiger partial charge is 0.355 e. The molecule has 1 atom stereocenters. The Kier molecular flexibility index (Phi) is 4.39. The van der Waals surface area contributed by atoms with Crippen LogP contribution in [0.25, 0.3) is 5.65 Å². The molecular weight excluding hydrogens is 278 g/mol. The van der Waals surface area contributed by atoms with Gasteiger partial charge in [-0.3, -0.25) is 9.20 Å². The highest BCUT2D eigenvalue weighted by Gasteiger charge is 2.17. The zero-order chi connectivity index (χ0) is 14.7. The first-order valence-corrected chi connectivity index (χ1v) is 7.09. The predicted octanol–water partition coefficient (Wildman–Crippen LogP) is 1.44. The van der Waals surface area contributed by atoms with Crippen LogP contribution in [0.1, 0.15) is 19.4 Å². The Bertz CT molecular complexity index is 699. The van der Waals surface area contributed by atoms with Crippen LogP contribution in [0.2, 0.25) is 0 Å². The number of nitrogens with zero attached hydrogens (tertiary/aromatic N) is 3. The SMILES string of the molecule is CCOC(=O)[C@H](C)Sc1nc(=O)n2ccc(C)cc2n1. The van der Waals surface area contributed by atoms with Gasteiger partial charge in [-0.1, -0.05) is 11.8 Å². The Hall–Kier alpha value is -1.89. The molecule has 0 amide bonds. The van der Waals surface area contributed by atoms with Gasteiger partial charge in [0.05, 0.1) is 6.61 Å². The second-order valence-corrected chi connectivity index (χ2v) is 5.54. The predicted molar refractivity (Wildman–Crippen MR) is 75.9 cm³/mol. The number of aromatic nitrogens is 3. The molecule has 0 N–H and O–H groups in total. The number of thioether (sulfide) groups is 1. The number of carbonyl (C=O) groups excluding carboxylic acids is 1. The lowest BCUT2D eigenvalue weighted by Crippen LogP contribution is -2.21. The first kappa shape index (κ1) is 14.5. The van der Waals surface area contributed by atoms with Crippen molar-refractivity contribution in [2.45, 2.75) is 31.2 Å². The van der Waals surface area contributed by atoms with Crippen molar-refractivity contribution in [3.8, 4) is 0 Å². The lowest BCUT2D eigenvalue weighted by atomic mass is 10.3. The number of aryl methyl sites for hydroxylation is 1. The number of hydrogen-bond donors (Lipinski definition) is 0. The minimum Gasteiger partial charge on any atom is -0.465 e. The highest BCUT2D eigenvalue weighted by Crippen LogP contribution is 2.19. The third-order valence-corrected chi connectivity index (χ3v) is 3.54. The Balaban J connectivity index is 2.31. The van der Waals surface area contributed by atoms with Crippen LogP contribution in [-0.4, -0.2) is 32.2 Å². The van der Waals surface area contributed by atoms with Gasteiger partial charge in [0.2, 0.25) is 0 Å². The molecule has 0 bridgehead atoms. The van der Waals surface area contributed by atoms with Crippen LogP contribution in [-0.2, 0) is 9.53 Å². The van der Waals surface area contributed by atoms with E-state index in [-0.39, 0.29) is 11.1 Å². The molecule has 0 aliphatic rings. The highest BCUT2D eigenvalue weighted by atomic mass is 32.2. The van der Waals surface area contributed by atoms with Gasteiger partial charge < -0.3 is 4.74 Å². The van der Waals surface area contributed by atoms with Crippen LogP contribution >= 0.6 is 11.8 Å². The van der Waals surface area contributed by atoms with Crippen LogP contribution in [0.4, 0.5) is 0 Å². The van der Waals surface area contributed by atoms with Crippen LogP contribution < -0.4 is 5.69 Å². The Morgan fingerprint density at radius 1 is 1.50 bits per heavy atom. The molecule has 2 aromatic rings. The van der Waals surface area contributed by atoms with E-state index in [1.54, 1.807) is 26.1 Å². The maximum atomic E-state index is 11.9. The van der Waals surface area contributed by atoms with E-state index in [0.717, 1.165) is 17.3 Å². The Labute approximate surface area is 120 Å². The van der Waals surface area contributed by atoms with Gasteiger partial charge in [-0.15, -0.1) is 0 Å². The summed E-state index contributed by atoms with van der Waals surface area (Å²) in [6.45, 7) is 5.69. The summed E-state index contributed by atoms with van der Waals surface area (Å²) in [6, 6.07) is 3.61. The van der Waals surface area contributed by atoms with E-state index in [1.165, 1.54) is 4.40 Å². The van der Waals surface area contributed by atoms with Crippen LogP contribution in [0.3, 0.4) is 0 Å². The molecule has 0 saturated carbocycles. The number of carbonyl (C=O) groups is 1. The lowest BCUT2D eigenvalue weighted by molar-refractivity contribution is -0.142. The first-order valence-electron chi connectivity index (χ1n) is 6.21. The van der Waals surface area contributed by atoms with Crippen LogP contribution in [0.5, 0.6) is 0 Å². The number of rotatable bonds is 4.